The van der Waals surface area contributed by atoms with Crippen LogP contribution in [0.4, 0.5) is 8.78 Å². The van der Waals surface area contributed by atoms with E-state index in [1.54, 1.807) is 18.2 Å². The maximum Gasteiger partial charge on any atom is 0.265 e. The molecule has 0 fully saturated rings. The molecule has 5 heteroatoms. The molecule has 0 heterocycles. The summed E-state index contributed by atoms with van der Waals surface area (Å²) in [7, 11) is 0. The summed E-state index contributed by atoms with van der Waals surface area (Å²) >= 11 is 0. The highest BCUT2D eigenvalue weighted by Crippen LogP contribution is 2.14. The van der Waals surface area contributed by atoms with Crippen LogP contribution in [0.2, 0.25) is 0 Å². The molecule has 1 aromatic carbocycles. The molecule has 0 saturated carbocycles. The Balaban J connectivity index is 2.35. The first-order valence-corrected chi connectivity index (χ1v) is 4.55. The molecule has 15 heavy (non-hydrogen) atoms. The Bertz CT molecular complexity index is 307. The maximum atomic E-state index is 11.9. The molecular formula is C10H13F2NO2. The SMILES string of the molecule is Oc1ccccc1CNCC(O)C(F)F. The molecule has 0 bridgehead atoms. The van der Waals surface area contributed by atoms with Gasteiger partial charge in [-0.05, 0) is 6.07 Å². The monoisotopic (exact) mass is 217 g/mol. The van der Waals surface area contributed by atoms with E-state index in [2.05, 4.69) is 5.32 Å². The van der Waals surface area contributed by atoms with Crippen molar-refractivity contribution >= 4 is 0 Å². The molecular weight excluding hydrogens is 204 g/mol. The highest BCUT2D eigenvalue weighted by Gasteiger charge is 2.15. The normalized spacial score (nSPS) is 13.1. The molecule has 1 aromatic rings. The molecule has 3 N–H and O–H groups in total. The lowest BCUT2D eigenvalue weighted by Gasteiger charge is -2.11. The van der Waals surface area contributed by atoms with Crippen LogP contribution in [0.5, 0.6) is 5.75 Å². The van der Waals surface area contributed by atoms with Gasteiger partial charge in [0.05, 0.1) is 0 Å². The topological polar surface area (TPSA) is 52.5 Å². The van der Waals surface area contributed by atoms with Crippen molar-refractivity contribution in [3.05, 3.63) is 29.8 Å². The van der Waals surface area contributed by atoms with Crippen LogP contribution in [-0.4, -0.2) is 29.3 Å². The quantitative estimate of drug-likeness (QED) is 0.692. The summed E-state index contributed by atoms with van der Waals surface area (Å²) in [6, 6.07) is 6.60. The van der Waals surface area contributed by atoms with Crippen LogP contribution < -0.4 is 5.32 Å². The van der Waals surface area contributed by atoms with Gasteiger partial charge in [-0.25, -0.2) is 8.78 Å². The fraction of sp³-hybridized carbons (Fsp3) is 0.400. The van der Waals surface area contributed by atoms with E-state index >= 15 is 0 Å². The van der Waals surface area contributed by atoms with Gasteiger partial charge in [0, 0.05) is 18.7 Å². The Hall–Kier alpha value is -1.20. The van der Waals surface area contributed by atoms with Gasteiger partial charge < -0.3 is 15.5 Å². The van der Waals surface area contributed by atoms with Gasteiger partial charge in [0.25, 0.3) is 6.43 Å². The maximum absolute atomic E-state index is 11.9. The fourth-order valence-electron chi connectivity index (χ4n) is 1.10. The van der Waals surface area contributed by atoms with Crippen LogP contribution in [-0.2, 0) is 6.54 Å². The molecule has 0 aliphatic heterocycles. The summed E-state index contributed by atoms with van der Waals surface area (Å²) < 4.78 is 23.8. The van der Waals surface area contributed by atoms with Crippen molar-refractivity contribution in [1.82, 2.24) is 5.32 Å². The number of hydrogen-bond acceptors (Lipinski definition) is 3. The van der Waals surface area contributed by atoms with Crippen molar-refractivity contribution in [3.8, 4) is 5.75 Å². The lowest BCUT2D eigenvalue weighted by molar-refractivity contribution is -0.00342. The molecule has 0 saturated heterocycles. The van der Waals surface area contributed by atoms with E-state index in [4.69, 9.17) is 5.11 Å². The van der Waals surface area contributed by atoms with E-state index in [-0.39, 0.29) is 18.8 Å². The first-order chi connectivity index (χ1) is 7.11. The van der Waals surface area contributed by atoms with Gasteiger partial charge >= 0.3 is 0 Å². The van der Waals surface area contributed by atoms with Crippen molar-refractivity contribution in [2.24, 2.45) is 0 Å². The Kier molecular flexibility index (Phi) is 4.45. The number of benzene rings is 1. The number of aliphatic hydroxyl groups excluding tert-OH is 1. The summed E-state index contributed by atoms with van der Waals surface area (Å²) in [6.07, 6.45) is -4.42. The number of phenols is 1. The van der Waals surface area contributed by atoms with Crippen molar-refractivity contribution in [3.63, 3.8) is 0 Å². The summed E-state index contributed by atoms with van der Waals surface area (Å²) in [6.45, 7) is 0.0441. The van der Waals surface area contributed by atoms with E-state index in [9.17, 15) is 13.9 Å². The highest BCUT2D eigenvalue weighted by atomic mass is 19.3. The first-order valence-electron chi connectivity index (χ1n) is 4.55. The first kappa shape index (κ1) is 11.9. The minimum atomic E-state index is -2.75. The van der Waals surface area contributed by atoms with Gasteiger partial charge in [-0.15, -0.1) is 0 Å². The van der Waals surface area contributed by atoms with Crippen LogP contribution in [0, 0.1) is 0 Å². The zero-order chi connectivity index (χ0) is 11.3. The van der Waals surface area contributed by atoms with Crippen molar-refractivity contribution < 1.29 is 19.0 Å². The molecule has 1 unspecified atom stereocenters. The predicted molar refractivity (Wildman–Crippen MR) is 51.8 cm³/mol. The van der Waals surface area contributed by atoms with E-state index in [1.165, 1.54) is 6.07 Å². The van der Waals surface area contributed by atoms with E-state index < -0.39 is 12.5 Å². The number of phenolic OH excluding ortho intramolecular Hbond substituents is 1. The molecule has 0 radical (unpaired) electrons. The minimum Gasteiger partial charge on any atom is -0.508 e. The second kappa shape index (κ2) is 5.63. The summed E-state index contributed by atoms with van der Waals surface area (Å²) in [5, 5.41) is 20.8. The zero-order valence-electron chi connectivity index (χ0n) is 8.03. The number of alkyl halides is 2. The lowest BCUT2D eigenvalue weighted by atomic mass is 10.2. The number of hydrogen-bond donors (Lipinski definition) is 3. The molecule has 1 atom stereocenters. The zero-order valence-corrected chi connectivity index (χ0v) is 8.03. The Morgan fingerprint density at radius 3 is 2.53 bits per heavy atom. The molecule has 0 spiro atoms. The van der Waals surface area contributed by atoms with Crippen LogP contribution >= 0.6 is 0 Å². The molecule has 3 nitrogen and oxygen atoms in total. The van der Waals surface area contributed by atoms with Crippen LogP contribution in [0.1, 0.15) is 5.56 Å². The fourth-order valence-corrected chi connectivity index (χ4v) is 1.10. The average molecular weight is 217 g/mol. The van der Waals surface area contributed by atoms with Gasteiger partial charge in [-0.1, -0.05) is 18.2 Å². The second-order valence-electron chi connectivity index (χ2n) is 3.16. The number of nitrogens with one attached hydrogen (secondary N) is 1. The van der Waals surface area contributed by atoms with Crippen LogP contribution in [0.25, 0.3) is 0 Å². The minimum absolute atomic E-state index is 0.108. The number of aliphatic hydroxyl groups is 1. The molecule has 0 aliphatic carbocycles. The second-order valence-corrected chi connectivity index (χ2v) is 3.16. The third kappa shape index (κ3) is 3.81. The highest BCUT2D eigenvalue weighted by molar-refractivity contribution is 5.31. The summed E-state index contributed by atoms with van der Waals surface area (Å²) in [4.78, 5) is 0. The molecule has 0 aromatic heterocycles. The lowest BCUT2D eigenvalue weighted by Crippen LogP contribution is -2.31. The summed E-state index contributed by atoms with van der Waals surface area (Å²) in [5.74, 6) is 0.108. The van der Waals surface area contributed by atoms with Crippen molar-refractivity contribution in [1.29, 1.82) is 0 Å². The van der Waals surface area contributed by atoms with Crippen LogP contribution in [0.15, 0.2) is 24.3 Å². The van der Waals surface area contributed by atoms with Crippen LogP contribution in [0.3, 0.4) is 0 Å². The van der Waals surface area contributed by atoms with Gasteiger partial charge in [-0.3, -0.25) is 0 Å². The smallest absolute Gasteiger partial charge is 0.265 e. The number of aromatic hydroxyl groups is 1. The summed E-state index contributed by atoms with van der Waals surface area (Å²) in [5.41, 5.74) is 0.610. The Labute approximate surface area is 86.4 Å². The standard InChI is InChI=1S/C10H13F2NO2/c11-10(12)9(15)6-13-5-7-3-1-2-4-8(7)14/h1-4,9-10,13-15H,5-6H2. The molecule has 1 rings (SSSR count). The van der Waals surface area contributed by atoms with Gasteiger partial charge in [0.15, 0.2) is 0 Å². The molecule has 0 amide bonds. The number of halogens is 2. The van der Waals surface area contributed by atoms with Crippen molar-refractivity contribution in [2.75, 3.05) is 6.54 Å². The van der Waals surface area contributed by atoms with E-state index in [0.717, 1.165) is 0 Å². The Morgan fingerprint density at radius 2 is 1.93 bits per heavy atom. The van der Waals surface area contributed by atoms with Gasteiger partial charge in [-0.2, -0.15) is 0 Å². The van der Waals surface area contributed by atoms with Crippen molar-refractivity contribution in [2.45, 2.75) is 19.1 Å². The largest absolute Gasteiger partial charge is 0.508 e. The Morgan fingerprint density at radius 1 is 1.27 bits per heavy atom. The average Bonchev–Trinajstić information content (AvgIpc) is 2.20. The van der Waals surface area contributed by atoms with Gasteiger partial charge in [0.1, 0.15) is 11.9 Å². The molecule has 84 valence electrons. The molecule has 0 aliphatic rings. The van der Waals surface area contributed by atoms with Gasteiger partial charge in [0.2, 0.25) is 0 Å². The third-order valence-corrected chi connectivity index (χ3v) is 1.95. The predicted octanol–water partition coefficient (Wildman–Crippen LogP) is 1.11. The number of para-hydroxylation sites is 1. The van der Waals surface area contributed by atoms with E-state index in [0.29, 0.717) is 5.56 Å². The van der Waals surface area contributed by atoms with E-state index in [1.807, 2.05) is 0 Å². The number of rotatable bonds is 5. The third-order valence-electron chi connectivity index (χ3n) is 1.95.